The minimum Gasteiger partial charge on any atom is -0.325 e. The van der Waals surface area contributed by atoms with Gasteiger partial charge in [0.15, 0.2) is 10.9 Å². The fraction of sp³-hybridized carbons (Fsp3) is 0.0714. The number of carbonyl (C=O) groups excluding carboxylic acids is 2. The molecule has 0 fully saturated rings. The van der Waals surface area contributed by atoms with Gasteiger partial charge in [0.1, 0.15) is 0 Å². The van der Waals surface area contributed by atoms with Crippen LogP contribution in [-0.2, 0) is 11.3 Å². The Hall–Kier alpha value is -4.23. The number of para-hydroxylation sites is 1. The molecular weight excluding hydrogens is 458 g/mol. The normalized spacial score (nSPS) is 11.0. The Morgan fingerprint density at radius 1 is 1.00 bits per heavy atom. The summed E-state index contributed by atoms with van der Waals surface area (Å²) in [5, 5.41) is 3.78. The molecule has 1 heterocycles. The van der Waals surface area contributed by atoms with Crippen LogP contribution in [0.5, 0.6) is 0 Å². The number of anilines is 1. The third-order valence-corrected chi connectivity index (χ3v) is 6.10. The molecule has 0 unspecified atom stereocenters. The van der Waals surface area contributed by atoms with Crippen LogP contribution in [0.1, 0.15) is 15.9 Å². The third kappa shape index (κ3) is 6.02. The highest BCUT2D eigenvalue weighted by Gasteiger charge is 2.13. The van der Waals surface area contributed by atoms with Gasteiger partial charge in [-0.1, -0.05) is 78.5 Å². The summed E-state index contributed by atoms with van der Waals surface area (Å²) in [5.41, 5.74) is 2.33. The molecule has 4 rings (SSSR count). The van der Waals surface area contributed by atoms with Crippen LogP contribution in [0.4, 0.5) is 5.69 Å². The Morgan fingerprint density at radius 3 is 2.57 bits per heavy atom. The van der Waals surface area contributed by atoms with Crippen LogP contribution >= 0.6 is 11.8 Å². The van der Waals surface area contributed by atoms with Crippen molar-refractivity contribution in [3.8, 4) is 0 Å². The largest absolute Gasteiger partial charge is 0.325 e. The van der Waals surface area contributed by atoms with Gasteiger partial charge in [-0.2, -0.15) is 0 Å². The van der Waals surface area contributed by atoms with Gasteiger partial charge in [-0.3, -0.25) is 19.0 Å². The molecule has 4 aromatic rings. The lowest BCUT2D eigenvalue weighted by atomic mass is 10.1. The number of allylic oxidation sites excluding steroid dienone is 2. The highest BCUT2D eigenvalue weighted by Crippen LogP contribution is 2.19. The number of rotatable bonds is 9. The molecule has 35 heavy (non-hydrogen) atoms. The van der Waals surface area contributed by atoms with E-state index in [2.05, 4.69) is 16.9 Å². The van der Waals surface area contributed by atoms with E-state index in [1.54, 1.807) is 54.6 Å². The SMILES string of the molecule is C=CCn1c(SCC(=O)Nc2cccc(C(=O)/C=C/c3ccccc3)c2)nc2ccccc2c1=O. The Bertz CT molecular complexity index is 1480. The number of hydrogen-bond acceptors (Lipinski definition) is 5. The fourth-order valence-electron chi connectivity index (χ4n) is 3.46. The number of carbonyl (C=O) groups is 2. The van der Waals surface area contributed by atoms with Gasteiger partial charge >= 0.3 is 0 Å². The minimum absolute atomic E-state index is 0.0496. The summed E-state index contributed by atoms with van der Waals surface area (Å²) >= 11 is 1.17. The summed E-state index contributed by atoms with van der Waals surface area (Å²) in [6.45, 7) is 4.01. The van der Waals surface area contributed by atoms with E-state index in [9.17, 15) is 14.4 Å². The molecule has 0 atom stereocenters. The first-order chi connectivity index (χ1) is 17.0. The van der Waals surface area contributed by atoms with E-state index < -0.39 is 0 Å². The van der Waals surface area contributed by atoms with Crippen LogP contribution < -0.4 is 10.9 Å². The number of benzene rings is 3. The first kappa shape index (κ1) is 23.9. The van der Waals surface area contributed by atoms with Gasteiger partial charge in [-0.15, -0.1) is 6.58 Å². The average Bonchev–Trinajstić information content (AvgIpc) is 2.89. The molecule has 3 aromatic carbocycles. The van der Waals surface area contributed by atoms with Crippen molar-refractivity contribution in [2.45, 2.75) is 11.7 Å². The van der Waals surface area contributed by atoms with Crippen molar-refractivity contribution in [1.29, 1.82) is 0 Å². The highest BCUT2D eigenvalue weighted by atomic mass is 32.2. The maximum Gasteiger partial charge on any atom is 0.262 e. The summed E-state index contributed by atoms with van der Waals surface area (Å²) in [6, 6.07) is 23.5. The second-order valence-electron chi connectivity index (χ2n) is 7.64. The van der Waals surface area contributed by atoms with Crippen LogP contribution in [0.2, 0.25) is 0 Å². The van der Waals surface area contributed by atoms with Crippen molar-refractivity contribution in [2.24, 2.45) is 0 Å². The Kier molecular flexibility index (Phi) is 7.70. The van der Waals surface area contributed by atoms with Crippen LogP contribution in [0.15, 0.2) is 108 Å². The average molecular weight is 482 g/mol. The van der Waals surface area contributed by atoms with E-state index in [1.165, 1.54) is 22.4 Å². The number of hydrogen-bond donors (Lipinski definition) is 1. The summed E-state index contributed by atoms with van der Waals surface area (Å²) in [5.74, 6) is -0.381. The molecule has 0 aliphatic carbocycles. The Labute approximate surface area is 207 Å². The first-order valence-corrected chi connectivity index (χ1v) is 11.9. The van der Waals surface area contributed by atoms with Crippen LogP contribution in [0, 0.1) is 0 Å². The maximum absolute atomic E-state index is 12.8. The van der Waals surface area contributed by atoms with Gasteiger partial charge in [-0.05, 0) is 35.9 Å². The van der Waals surface area contributed by atoms with E-state index in [0.29, 0.717) is 33.9 Å². The second kappa shape index (κ2) is 11.3. The van der Waals surface area contributed by atoms with Crippen LogP contribution in [-0.4, -0.2) is 27.0 Å². The van der Waals surface area contributed by atoms with Crippen LogP contribution in [0.25, 0.3) is 17.0 Å². The lowest BCUT2D eigenvalue weighted by Gasteiger charge is -2.11. The molecule has 0 saturated heterocycles. The number of fused-ring (bicyclic) bond motifs is 1. The van der Waals surface area contributed by atoms with Gasteiger partial charge in [0, 0.05) is 17.8 Å². The van der Waals surface area contributed by atoms with E-state index in [0.717, 1.165) is 5.56 Å². The smallest absolute Gasteiger partial charge is 0.262 e. The molecule has 1 aromatic heterocycles. The van der Waals surface area contributed by atoms with Crippen LogP contribution in [0.3, 0.4) is 0 Å². The van der Waals surface area contributed by atoms with Gasteiger partial charge in [0.2, 0.25) is 5.91 Å². The van der Waals surface area contributed by atoms with Crippen molar-refractivity contribution >= 4 is 46.1 Å². The van der Waals surface area contributed by atoms with Crippen molar-refractivity contribution in [3.63, 3.8) is 0 Å². The topological polar surface area (TPSA) is 81.1 Å². The van der Waals surface area contributed by atoms with E-state index in [4.69, 9.17) is 0 Å². The molecule has 0 bridgehead atoms. The number of thioether (sulfide) groups is 1. The maximum atomic E-state index is 12.8. The van der Waals surface area contributed by atoms with Crippen molar-refractivity contribution in [1.82, 2.24) is 9.55 Å². The molecule has 0 radical (unpaired) electrons. The molecule has 1 N–H and O–H groups in total. The molecule has 0 aliphatic heterocycles. The first-order valence-electron chi connectivity index (χ1n) is 11.0. The van der Waals surface area contributed by atoms with Gasteiger partial charge < -0.3 is 5.32 Å². The lowest BCUT2D eigenvalue weighted by molar-refractivity contribution is -0.113. The van der Waals surface area contributed by atoms with Gasteiger partial charge in [0.25, 0.3) is 5.56 Å². The molecule has 7 heteroatoms. The predicted octanol–water partition coefficient (Wildman–Crippen LogP) is 5.21. The Balaban J connectivity index is 1.44. The standard InChI is InChI=1S/C28H23N3O3S/c1-2-17-31-27(34)23-13-6-7-14-24(23)30-28(31)35-19-26(33)29-22-12-8-11-21(18-22)25(32)16-15-20-9-4-3-5-10-20/h2-16,18H,1,17,19H2,(H,29,33)/b16-15+. The lowest BCUT2D eigenvalue weighted by Crippen LogP contribution is -2.23. The predicted molar refractivity (Wildman–Crippen MR) is 142 cm³/mol. The van der Waals surface area contributed by atoms with Crippen molar-refractivity contribution in [3.05, 3.63) is 119 Å². The van der Waals surface area contributed by atoms with Crippen molar-refractivity contribution < 1.29 is 9.59 Å². The Morgan fingerprint density at radius 2 is 1.77 bits per heavy atom. The molecule has 6 nitrogen and oxygen atoms in total. The summed E-state index contributed by atoms with van der Waals surface area (Å²) in [7, 11) is 0. The zero-order valence-electron chi connectivity index (χ0n) is 18.9. The second-order valence-corrected chi connectivity index (χ2v) is 8.58. The molecule has 0 saturated carbocycles. The van der Waals surface area contributed by atoms with E-state index in [-0.39, 0.29) is 23.0 Å². The van der Waals surface area contributed by atoms with Gasteiger partial charge in [-0.25, -0.2) is 4.98 Å². The third-order valence-electron chi connectivity index (χ3n) is 5.13. The molecular formula is C28H23N3O3S. The summed E-state index contributed by atoms with van der Waals surface area (Å²) in [6.07, 6.45) is 4.89. The minimum atomic E-state index is -0.271. The zero-order chi connectivity index (χ0) is 24.6. The summed E-state index contributed by atoms with van der Waals surface area (Å²) < 4.78 is 1.51. The number of ketones is 1. The highest BCUT2D eigenvalue weighted by molar-refractivity contribution is 7.99. The molecule has 174 valence electrons. The van der Waals surface area contributed by atoms with Gasteiger partial charge in [0.05, 0.1) is 16.7 Å². The fourth-order valence-corrected chi connectivity index (χ4v) is 4.27. The van der Waals surface area contributed by atoms with E-state index in [1.807, 2.05) is 36.4 Å². The number of nitrogens with one attached hydrogen (secondary N) is 1. The number of amides is 1. The number of nitrogens with zero attached hydrogens (tertiary/aromatic N) is 2. The molecule has 1 amide bonds. The van der Waals surface area contributed by atoms with E-state index >= 15 is 0 Å². The molecule has 0 aliphatic rings. The molecule has 0 spiro atoms. The quantitative estimate of drug-likeness (QED) is 0.117. The zero-order valence-corrected chi connectivity index (χ0v) is 19.7. The number of aromatic nitrogens is 2. The monoisotopic (exact) mass is 481 g/mol. The summed E-state index contributed by atoms with van der Waals surface area (Å²) in [4.78, 5) is 42.6. The van der Waals surface area contributed by atoms with Crippen molar-refractivity contribution in [2.75, 3.05) is 11.1 Å².